The van der Waals surface area contributed by atoms with Crippen LogP contribution < -0.4 is 16.0 Å². The molecule has 21 heavy (non-hydrogen) atoms. The standard InChI is InChI=1S/C10H16N4O5S2/c1-7(20(2)17)6-12-21(18,19)10-5-8(13-11)3-4-9(10)14(15)16/h3-5,7,12-13H,6,11H2,1-2H3. The lowest BCUT2D eigenvalue weighted by Gasteiger charge is -2.11. The Morgan fingerprint density at radius 3 is 2.57 bits per heavy atom. The first-order valence-corrected chi connectivity index (χ1v) is 8.86. The number of hydrazine groups is 1. The van der Waals surface area contributed by atoms with Crippen molar-refractivity contribution in [3.8, 4) is 0 Å². The monoisotopic (exact) mass is 336 g/mol. The average Bonchev–Trinajstić information content (AvgIpc) is 2.43. The van der Waals surface area contributed by atoms with Crippen molar-refractivity contribution < 1.29 is 17.6 Å². The van der Waals surface area contributed by atoms with Crippen molar-refractivity contribution in [2.24, 2.45) is 5.84 Å². The third-order valence-electron chi connectivity index (χ3n) is 2.74. The van der Waals surface area contributed by atoms with E-state index in [0.29, 0.717) is 0 Å². The Hall–Kier alpha value is -1.56. The summed E-state index contributed by atoms with van der Waals surface area (Å²) in [6, 6.07) is 3.40. The number of nitro groups is 1. The lowest BCUT2D eigenvalue weighted by Crippen LogP contribution is -2.33. The number of anilines is 1. The van der Waals surface area contributed by atoms with E-state index in [1.54, 1.807) is 6.92 Å². The summed E-state index contributed by atoms with van der Waals surface area (Å²) in [6.07, 6.45) is 1.44. The second kappa shape index (κ2) is 6.93. The molecule has 0 aliphatic carbocycles. The molecule has 11 heteroatoms. The third kappa shape index (κ3) is 4.46. The molecule has 0 bridgehead atoms. The highest BCUT2D eigenvalue weighted by atomic mass is 32.2. The number of rotatable bonds is 7. The SMILES string of the molecule is CC(CNS(=O)(=O)c1cc(NN)ccc1[N+](=O)[O-])S(C)=O. The van der Waals surface area contributed by atoms with Crippen LogP contribution in [0.15, 0.2) is 23.1 Å². The van der Waals surface area contributed by atoms with E-state index in [0.717, 1.165) is 12.1 Å². The molecule has 9 nitrogen and oxygen atoms in total. The number of nitrogens with zero attached hydrogens (tertiary/aromatic N) is 1. The maximum atomic E-state index is 12.2. The first-order chi connectivity index (χ1) is 9.69. The van der Waals surface area contributed by atoms with Crippen LogP contribution in [0.3, 0.4) is 0 Å². The van der Waals surface area contributed by atoms with E-state index in [2.05, 4.69) is 10.1 Å². The van der Waals surface area contributed by atoms with Crippen LogP contribution in [0.25, 0.3) is 0 Å². The highest BCUT2D eigenvalue weighted by Crippen LogP contribution is 2.26. The summed E-state index contributed by atoms with van der Waals surface area (Å²) < 4.78 is 37.8. The predicted molar refractivity (Wildman–Crippen MR) is 79.6 cm³/mol. The summed E-state index contributed by atoms with van der Waals surface area (Å²) in [5, 5.41) is 10.5. The number of hydrogen-bond acceptors (Lipinski definition) is 7. The summed E-state index contributed by atoms with van der Waals surface area (Å²) in [4.78, 5) is 9.63. The van der Waals surface area contributed by atoms with Gasteiger partial charge in [0, 0.05) is 34.9 Å². The summed E-state index contributed by atoms with van der Waals surface area (Å²) in [5.41, 5.74) is 1.88. The summed E-state index contributed by atoms with van der Waals surface area (Å²) >= 11 is 0. The van der Waals surface area contributed by atoms with Crippen LogP contribution in [-0.2, 0) is 20.8 Å². The van der Waals surface area contributed by atoms with Gasteiger partial charge in [-0.15, -0.1) is 0 Å². The van der Waals surface area contributed by atoms with Crippen molar-refractivity contribution >= 4 is 32.2 Å². The second-order valence-electron chi connectivity index (χ2n) is 4.25. The van der Waals surface area contributed by atoms with Crippen molar-refractivity contribution in [3.05, 3.63) is 28.3 Å². The van der Waals surface area contributed by atoms with Gasteiger partial charge in [0.15, 0.2) is 4.90 Å². The number of nitro benzene ring substituents is 1. The number of nitrogen functional groups attached to an aromatic ring is 1. The van der Waals surface area contributed by atoms with Crippen molar-refractivity contribution in [3.63, 3.8) is 0 Å². The number of sulfonamides is 1. The van der Waals surface area contributed by atoms with E-state index < -0.39 is 41.6 Å². The molecule has 0 fully saturated rings. The van der Waals surface area contributed by atoms with Crippen molar-refractivity contribution in [1.29, 1.82) is 0 Å². The molecular weight excluding hydrogens is 320 g/mol. The smallest absolute Gasteiger partial charge is 0.289 e. The Morgan fingerprint density at radius 2 is 2.10 bits per heavy atom. The molecule has 0 saturated carbocycles. The van der Waals surface area contributed by atoms with Gasteiger partial charge in [0.1, 0.15) is 0 Å². The molecule has 2 atom stereocenters. The molecule has 0 heterocycles. The fraction of sp³-hybridized carbons (Fsp3) is 0.400. The lowest BCUT2D eigenvalue weighted by molar-refractivity contribution is -0.387. The molecule has 0 spiro atoms. The van der Waals surface area contributed by atoms with Gasteiger partial charge in [-0.25, -0.2) is 13.1 Å². The van der Waals surface area contributed by atoms with Crippen molar-refractivity contribution in [2.45, 2.75) is 17.1 Å². The normalized spacial score (nSPS) is 14.4. The van der Waals surface area contributed by atoms with Gasteiger partial charge in [-0.3, -0.25) is 20.2 Å². The van der Waals surface area contributed by atoms with Gasteiger partial charge >= 0.3 is 0 Å². The quantitative estimate of drug-likeness (QED) is 0.359. The molecule has 0 amide bonds. The first kappa shape index (κ1) is 17.5. The van der Waals surface area contributed by atoms with Crippen LogP contribution in [0.5, 0.6) is 0 Å². The molecule has 0 radical (unpaired) electrons. The molecule has 0 aliphatic rings. The van der Waals surface area contributed by atoms with Crippen molar-refractivity contribution in [1.82, 2.24) is 4.72 Å². The van der Waals surface area contributed by atoms with Crippen LogP contribution in [0.4, 0.5) is 11.4 Å². The Morgan fingerprint density at radius 1 is 1.48 bits per heavy atom. The molecule has 1 rings (SSSR count). The van der Waals surface area contributed by atoms with Crippen molar-refractivity contribution in [2.75, 3.05) is 18.2 Å². The van der Waals surface area contributed by atoms with E-state index in [1.165, 1.54) is 12.3 Å². The van der Waals surface area contributed by atoms with E-state index >= 15 is 0 Å². The van der Waals surface area contributed by atoms with Gasteiger partial charge in [-0.1, -0.05) is 0 Å². The average molecular weight is 336 g/mol. The van der Waals surface area contributed by atoms with Crippen LogP contribution in [0.1, 0.15) is 6.92 Å². The molecule has 0 aliphatic heterocycles. The van der Waals surface area contributed by atoms with Gasteiger partial charge in [0.25, 0.3) is 5.69 Å². The number of benzene rings is 1. The molecule has 1 aromatic carbocycles. The molecule has 0 aromatic heterocycles. The van der Waals surface area contributed by atoms with Gasteiger partial charge in [-0.05, 0) is 19.1 Å². The van der Waals surface area contributed by atoms with Gasteiger partial charge in [0.2, 0.25) is 10.0 Å². The fourth-order valence-corrected chi connectivity index (χ4v) is 3.14. The van der Waals surface area contributed by atoms with Gasteiger partial charge in [-0.2, -0.15) is 0 Å². The molecule has 118 valence electrons. The fourth-order valence-electron chi connectivity index (χ4n) is 1.39. The third-order valence-corrected chi connectivity index (χ3v) is 5.49. The second-order valence-corrected chi connectivity index (χ2v) is 7.78. The van der Waals surface area contributed by atoms with E-state index in [-0.39, 0.29) is 12.2 Å². The minimum atomic E-state index is -4.12. The summed E-state index contributed by atoms with van der Waals surface area (Å²) in [6.45, 7) is 1.51. The zero-order valence-corrected chi connectivity index (χ0v) is 13.0. The van der Waals surface area contributed by atoms with Crippen LogP contribution in [0.2, 0.25) is 0 Å². The molecule has 4 N–H and O–H groups in total. The van der Waals surface area contributed by atoms with E-state index in [9.17, 15) is 22.7 Å². The highest BCUT2D eigenvalue weighted by Gasteiger charge is 2.26. The van der Waals surface area contributed by atoms with Crippen LogP contribution >= 0.6 is 0 Å². The Balaban J connectivity index is 3.17. The summed E-state index contributed by atoms with van der Waals surface area (Å²) in [5.74, 6) is 5.17. The molecule has 2 unspecified atom stereocenters. The molecule has 1 aromatic rings. The molecular formula is C10H16N4O5S2. The number of nitrogens with two attached hydrogens (primary N) is 1. The minimum Gasteiger partial charge on any atom is -0.324 e. The maximum absolute atomic E-state index is 12.2. The maximum Gasteiger partial charge on any atom is 0.289 e. The Bertz CT molecular complexity index is 661. The van der Waals surface area contributed by atoms with Gasteiger partial charge < -0.3 is 5.43 Å². The van der Waals surface area contributed by atoms with Crippen LogP contribution in [0, 0.1) is 10.1 Å². The van der Waals surface area contributed by atoms with Gasteiger partial charge in [0.05, 0.1) is 10.6 Å². The predicted octanol–water partition coefficient (Wildman–Crippen LogP) is -0.0743. The summed E-state index contributed by atoms with van der Waals surface area (Å²) in [7, 11) is -5.33. The minimum absolute atomic E-state index is 0.0944. The number of nitrogens with one attached hydrogen (secondary N) is 2. The largest absolute Gasteiger partial charge is 0.324 e. The topological polar surface area (TPSA) is 144 Å². The first-order valence-electron chi connectivity index (χ1n) is 5.76. The van der Waals surface area contributed by atoms with Crippen LogP contribution in [-0.4, -0.2) is 35.6 Å². The molecule has 0 saturated heterocycles. The lowest BCUT2D eigenvalue weighted by atomic mass is 10.3. The van der Waals surface area contributed by atoms with E-state index in [1.807, 2.05) is 0 Å². The zero-order chi connectivity index (χ0) is 16.2. The Labute approximate surface area is 124 Å². The highest BCUT2D eigenvalue weighted by molar-refractivity contribution is 7.89. The Kier molecular flexibility index (Phi) is 5.78. The van der Waals surface area contributed by atoms with E-state index in [4.69, 9.17) is 5.84 Å². The number of hydrogen-bond donors (Lipinski definition) is 3. The zero-order valence-electron chi connectivity index (χ0n) is 11.4.